The number of alkyl carbamates (subject to hydrolysis) is 1. The topological polar surface area (TPSA) is 109 Å². The summed E-state index contributed by atoms with van der Waals surface area (Å²) in [6.07, 6.45) is 4.45. The Morgan fingerprint density at radius 1 is 1.31 bits per heavy atom. The molecule has 158 valence electrons. The van der Waals surface area contributed by atoms with Crippen molar-refractivity contribution in [3.8, 4) is 0 Å². The minimum absolute atomic E-state index is 0.0667. The predicted octanol–water partition coefficient (Wildman–Crippen LogP) is 4.44. The standard InChI is InChI=1S/C20H30N5O3P/c1-13(2)22-20(26)28-16-7-6-15(9-16)17-10-19(25-24-17)23-18-8-5-14(11-21-18)12-29(3,4)27/h5,8,10-11,13,15-16H,6-7,9,12H2,1-4H3,(H,22,26)(H2,21,23,24,25)/t15-,16+/m0/s1. The molecule has 0 aliphatic heterocycles. The van der Waals surface area contributed by atoms with E-state index in [0.29, 0.717) is 17.8 Å². The Labute approximate surface area is 171 Å². The fourth-order valence-corrected chi connectivity index (χ4v) is 4.59. The van der Waals surface area contributed by atoms with Crippen molar-refractivity contribution in [2.24, 2.45) is 0 Å². The van der Waals surface area contributed by atoms with Crippen LogP contribution < -0.4 is 10.6 Å². The van der Waals surface area contributed by atoms with Crippen molar-refractivity contribution < 1.29 is 14.1 Å². The Kier molecular flexibility index (Phi) is 6.63. The molecule has 1 aliphatic carbocycles. The normalized spacial score (nSPS) is 19.3. The first-order chi connectivity index (χ1) is 13.7. The summed E-state index contributed by atoms with van der Waals surface area (Å²) in [5.74, 6) is 1.67. The van der Waals surface area contributed by atoms with Gasteiger partial charge < -0.3 is 19.9 Å². The maximum atomic E-state index is 11.9. The van der Waals surface area contributed by atoms with Crippen molar-refractivity contribution in [1.29, 1.82) is 0 Å². The van der Waals surface area contributed by atoms with Gasteiger partial charge in [0.05, 0.1) is 7.14 Å². The minimum atomic E-state index is -2.11. The summed E-state index contributed by atoms with van der Waals surface area (Å²) in [4.78, 5) is 16.2. The molecule has 1 amide bonds. The molecule has 0 aromatic carbocycles. The molecule has 2 aromatic rings. The van der Waals surface area contributed by atoms with Crippen LogP contribution >= 0.6 is 7.14 Å². The van der Waals surface area contributed by atoms with Crippen molar-refractivity contribution in [2.45, 2.75) is 57.3 Å². The molecule has 0 unspecified atom stereocenters. The first-order valence-electron chi connectivity index (χ1n) is 9.96. The number of H-pyrrole nitrogens is 1. The number of pyridine rings is 1. The molecular weight excluding hydrogens is 389 g/mol. The molecule has 0 spiro atoms. The number of aromatic amines is 1. The van der Waals surface area contributed by atoms with E-state index in [-0.39, 0.29) is 24.2 Å². The molecule has 1 aliphatic rings. The number of aromatic nitrogens is 3. The number of hydrogen-bond acceptors (Lipinski definition) is 6. The smallest absolute Gasteiger partial charge is 0.407 e. The van der Waals surface area contributed by atoms with Crippen molar-refractivity contribution in [3.63, 3.8) is 0 Å². The van der Waals surface area contributed by atoms with Gasteiger partial charge >= 0.3 is 6.09 Å². The molecule has 9 heteroatoms. The number of anilines is 2. The Hall–Kier alpha value is -2.34. The van der Waals surface area contributed by atoms with Gasteiger partial charge in [0, 0.05) is 36.1 Å². The highest BCUT2D eigenvalue weighted by Crippen LogP contribution is 2.40. The van der Waals surface area contributed by atoms with Crippen molar-refractivity contribution in [1.82, 2.24) is 20.5 Å². The van der Waals surface area contributed by atoms with Gasteiger partial charge in [0.25, 0.3) is 0 Å². The third-order valence-corrected chi connectivity index (χ3v) is 5.87. The van der Waals surface area contributed by atoms with Crippen LogP contribution in [0.5, 0.6) is 0 Å². The monoisotopic (exact) mass is 419 g/mol. The Morgan fingerprint density at radius 2 is 2.10 bits per heavy atom. The Balaban J connectivity index is 1.53. The number of carbonyl (C=O) groups excluding carboxylic acids is 1. The second-order valence-corrected chi connectivity index (χ2v) is 11.9. The molecule has 29 heavy (non-hydrogen) atoms. The van der Waals surface area contributed by atoms with Gasteiger partial charge in [-0.25, -0.2) is 9.78 Å². The maximum Gasteiger partial charge on any atom is 0.407 e. The van der Waals surface area contributed by atoms with E-state index in [1.54, 1.807) is 19.5 Å². The molecule has 2 heterocycles. The van der Waals surface area contributed by atoms with E-state index < -0.39 is 7.14 Å². The van der Waals surface area contributed by atoms with E-state index >= 15 is 0 Å². The SMILES string of the molecule is CC(C)NC(=O)O[C@@H]1CC[C@H](c2cc(Nc3ccc(CP(C)(C)=O)cn3)n[nH]2)C1. The third-order valence-electron chi connectivity index (χ3n) is 4.75. The number of rotatable bonds is 7. The van der Waals surface area contributed by atoms with Gasteiger partial charge in [0.1, 0.15) is 11.9 Å². The lowest BCUT2D eigenvalue weighted by molar-refractivity contribution is 0.0981. The quantitative estimate of drug-likeness (QED) is 0.573. The lowest BCUT2D eigenvalue weighted by Gasteiger charge is -2.14. The molecule has 2 aromatic heterocycles. The lowest BCUT2D eigenvalue weighted by Crippen LogP contribution is -2.33. The van der Waals surface area contributed by atoms with Crippen LogP contribution in [0.4, 0.5) is 16.4 Å². The van der Waals surface area contributed by atoms with Crippen LogP contribution in [-0.2, 0) is 15.5 Å². The lowest BCUT2D eigenvalue weighted by atomic mass is 10.0. The number of ether oxygens (including phenoxy) is 1. The van der Waals surface area contributed by atoms with Gasteiger partial charge in [-0.3, -0.25) is 5.10 Å². The average Bonchev–Trinajstić information content (AvgIpc) is 3.24. The summed E-state index contributed by atoms with van der Waals surface area (Å²) in [7, 11) is -2.11. The number of nitrogens with zero attached hydrogens (tertiary/aromatic N) is 2. The zero-order valence-electron chi connectivity index (χ0n) is 17.4. The van der Waals surface area contributed by atoms with Gasteiger partial charge in [-0.05, 0) is 58.1 Å². The highest BCUT2D eigenvalue weighted by Gasteiger charge is 2.30. The predicted molar refractivity (Wildman–Crippen MR) is 114 cm³/mol. The summed E-state index contributed by atoms with van der Waals surface area (Å²) in [6, 6.07) is 5.84. The number of carbonyl (C=O) groups is 1. The van der Waals surface area contributed by atoms with E-state index in [2.05, 4.69) is 25.8 Å². The van der Waals surface area contributed by atoms with Crippen LogP contribution in [0, 0.1) is 0 Å². The Bertz CT molecular complexity index is 874. The van der Waals surface area contributed by atoms with Crippen molar-refractivity contribution in [2.75, 3.05) is 18.6 Å². The summed E-state index contributed by atoms with van der Waals surface area (Å²) in [5, 5.41) is 13.3. The van der Waals surface area contributed by atoms with Crippen molar-refractivity contribution >= 4 is 24.9 Å². The zero-order valence-corrected chi connectivity index (χ0v) is 18.3. The van der Waals surface area contributed by atoms with Crippen LogP contribution in [0.1, 0.15) is 50.3 Å². The molecule has 3 N–H and O–H groups in total. The zero-order chi connectivity index (χ0) is 21.0. The number of nitrogens with one attached hydrogen (secondary N) is 3. The molecular formula is C20H30N5O3P. The van der Waals surface area contributed by atoms with Gasteiger partial charge in [0.2, 0.25) is 0 Å². The second kappa shape index (κ2) is 8.99. The van der Waals surface area contributed by atoms with Gasteiger partial charge in [0.15, 0.2) is 5.82 Å². The van der Waals surface area contributed by atoms with Gasteiger partial charge in [-0.15, -0.1) is 0 Å². The molecule has 1 fully saturated rings. The third kappa shape index (κ3) is 6.60. The van der Waals surface area contributed by atoms with E-state index in [9.17, 15) is 9.36 Å². The minimum Gasteiger partial charge on any atom is -0.446 e. The molecule has 0 bridgehead atoms. The van der Waals surface area contributed by atoms with E-state index in [1.165, 1.54) is 0 Å². The van der Waals surface area contributed by atoms with E-state index in [1.807, 2.05) is 32.0 Å². The van der Waals surface area contributed by atoms with Crippen LogP contribution in [0.15, 0.2) is 24.4 Å². The fourth-order valence-electron chi connectivity index (χ4n) is 3.52. The molecule has 8 nitrogen and oxygen atoms in total. The average molecular weight is 419 g/mol. The highest BCUT2D eigenvalue weighted by molar-refractivity contribution is 7.61. The van der Waals surface area contributed by atoms with E-state index in [4.69, 9.17) is 4.74 Å². The summed E-state index contributed by atoms with van der Waals surface area (Å²) < 4.78 is 17.4. The molecule has 0 saturated heterocycles. The summed E-state index contributed by atoms with van der Waals surface area (Å²) in [6.45, 7) is 7.37. The molecule has 3 rings (SSSR count). The fraction of sp³-hybridized carbons (Fsp3) is 0.550. The molecule has 2 atom stereocenters. The van der Waals surface area contributed by atoms with Gasteiger partial charge in [-0.2, -0.15) is 5.10 Å². The van der Waals surface area contributed by atoms with Crippen molar-refractivity contribution in [3.05, 3.63) is 35.7 Å². The van der Waals surface area contributed by atoms with Gasteiger partial charge in [-0.1, -0.05) is 6.07 Å². The van der Waals surface area contributed by atoms with Crippen LogP contribution in [0.3, 0.4) is 0 Å². The van der Waals surface area contributed by atoms with E-state index in [0.717, 1.165) is 30.5 Å². The number of amides is 1. The Morgan fingerprint density at radius 3 is 2.76 bits per heavy atom. The van der Waals surface area contributed by atoms with Crippen LogP contribution in [-0.4, -0.2) is 46.8 Å². The first-order valence-corrected chi connectivity index (χ1v) is 12.7. The highest BCUT2D eigenvalue weighted by atomic mass is 31.2. The number of hydrogen-bond donors (Lipinski definition) is 3. The largest absolute Gasteiger partial charge is 0.446 e. The van der Waals surface area contributed by atoms with Crippen LogP contribution in [0.2, 0.25) is 0 Å². The molecule has 1 saturated carbocycles. The first kappa shape index (κ1) is 21.4. The second-order valence-electron chi connectivity index (χ2n) is 8.45. The summed E-state index contributed by atoms with van der Waals surface area (Å²) >= 11 is 0. The van der Waals surface area contributed by atoms with Crippen LogP contribution in [0.25, 0.3) is 0 Å². The summed E-state index contributed by atoms with van der Waals surface area (Å²) in [5.41, 5.74) is 1.99. The molecule has 0 radical (unpaired) electrons. The maximum absolute atomic E-state index is 11.9.